The normalized spacial score (nSPS) is 20.8. The maximum Gasteiger partial charge on any atom is 0.0218 e. The number of hydrogen-bond acceptors (Lipinski definition) is 1. The van der Waals surface area contributed by atoms with Crippen molar-refractivity contribution in [1.29, 1.82) is 0 Å². The first-order valence-corrected chi connectivity index (χ1v) is 13.2. The Morgan fingerprint density at radius 1 is 0.786 bits per heavy atom. The number of hydrogen-bond donors (Lipinski definition) is 0. The van der Waals surface area contributed by atoms with E-state index in [-0.39, 0.29) is 0 Å². The summed E-state index contributed by atoms with van der Waals surface area (Å²) in [7, 11) is 0. The van der Waals surface area contributed by atoms with Gasteiger partial charge in [0.05, 0.1) is 0 Å². The number of nitrogens with zero attached hydrogens (tertiary/aromatic N) is 1. The van der Waals surface area contributed by atoms with Crippen LogP contribution >= 0.6 is 0 Å². The maximum atomic E-state index is 4.35. The van der Waals surface area contributed by atoms with Crippen LogP contribution in [0.25, 0.3) is 0 Å². The Morgan fingerprint density at radius 2 is 1.36 bits per heavy atom. The molecule has 0 unspecified atom stereocenters. The van der Waals surface area contributed by atoms with Gasteiger partial charge in [-0.1, -0.05) is 103 Å². The predicted octanol–water partition coefficient (Wildman–Crippen LogP) is 8.82. The lowest BCUT2D eigenvalue weighted by atomic mass is 9.73. The highest BCUT2D eigenvalue weighted by Gasteiger charge is 2.41. The summed E-state index contributed by atoms with van der Waals surface area (Å²) in [4.78, 5) is 3.10. The zero-order chi connectivity index (χ0) is 20.1. The molecule has 0 radical (unpaired) electrons. The maximum absolute atomic E-state index is 4.35. The SMILES string of the molecule is C=C1CCC(CCCCCCC)(N(CCCCCCC)C2CCCCC2)CC1. The van der Waals surface area contributed by atoms with Gasteiger partial charge in [0.25, 0.3) is 0 Å². The van der Waals surface area contributed by atoms with E-state index in [1.165, 1.54) is 141 Å². The highest BCUT2D eigenvalue weighted by molar-refractivity contribution is 5.08. The molecule has 0 aromatic heterocycles. The molecule has 0 aromatic carbocycles. The first-order chi connectivity index (χ1) is 13.7. The monoisotopic (exact) mass is 389 g/mol. The minimum Gasteiger partial charge on any atom is -0.295 e. The van der Waals surface area contributed by atoms with Gasteiger partial charge < -0.3 is 0 Å². The largest absolute Gasteiger partial charge is 0.295 e. The Labute approximate surface area is 177 Å². The molecule has 0 heterocycles. The second-order valence-electron chi connectivity index (χ2n) is 10.0. The van der Waals surface area contributed by atoms with Gasteiger partial charge in [0.15, 0.2) is 0 Å². The highest BCUT2D eigenvalue weighted by Crippen LogP contribution is 2.43. The van der Waals surface area contributed by atoms with E-state index >= 15 is 0 Å². The molecule has 0 aliphatic heterocycles. The quantitative estimate of drug-likeness (QED) is 0.212. The molecule has 0 N–H and O–H groups in total. The number of rotatable bonds is 14. The van der Waals surface area contributed by atoms with Crippen molar-refractivity contribution in [3.8, 4) is 0 Å². The summed E-state index contributed by atoms with van der Waals surface area (Å²) in [6.45, 7) is 10.4. The first-order valence-electron chi connectivity index (χ1n) is 13.2. The zero-order valence-corrected chi connectivity index (χ0v) is 19.6. The molecule has 1 heteroatoms. The van der Waals surface area contributed by atoms with Crippen molar-refractivity contribution >= 4 is 0 Å². The summed E-state index contributed by atoms with van der Waals surface area (Å²) in [5.41, 5.74) is 2.02. The van der Waals surface area contributed by atoms with Gasteiger partial charge in [-0.05, 0) is 57.9 Å². The molecule has 0 saturated heterocycles. The van der Waals surface area contributed by atoms with Crippen molar-refractivity contribution in [2.24, 2.45) is 0 Å². The van der Waals surface area contributed by atoms with Crippen molar-refractivity contribution < 1.29 is 0 Å². The van der Waals surface area contributed by atoms with Gasteiger partial charge in [0.1, 0.15) is 0 Å². The van der Waals surface area contributed by atoms with Gasteiger partial charge in [-0.25, -0.2) is 0 Å². The van der Waals surface area contributed by atoms with Crippen molar-refractivity contribution in [1.82, 2.24) is 4.90 Å². The van der Waals surface area contributed by atoms with Gasteiger partial charge in [-0.15, -0.1) is 0 Å². The van der Waals surface area contributed by atoms with E-state index in [1.807, 2.05) is 0 Å². The van der Waals surface area contributed by atoms with Crippen LogP contribution in [0.1, 0.15) is 142 Å². The lowest BCUT2D eigenvalue weighted by Crippen LogP contribution is -2.55. The van der Waals surface area contributed by atoms with Crippen LogP contribution in [-0.4, -0.2) is 23.0 Å². The molecule has 28 heavy (non-hydrogen) atoms. The average molecular weight is 390 g/mol. The van der Waals surface area contributed by atoms with Crippen LogP contribution in [0.5, 0.6) is 0 Å². The van der Waals surface area contributed by atoms with Crippen LogP contribution in [0.2, 0.25) is 0 Å². The van der Waals surface area contributed by atoms with E-state index in [1.54, 1.807) is 0 Å². The molecule has 0 amide bonds. The topological polar surface area (TPSA) is 3.24 Å². The van der Waals surface area contributed by atoms with Crippen molar-refractivity contribution in [2.45, 2.75) is 154 Å². The smallest absolute Gasteiger partial charge is 0.0218 e. The fourth-order valence-corrected chi connectivity index (χ4v) is 5.89. The second-order valence-corrected chi connectivity index (χ2v) is 10.0. The third-order valence-electron chi connectivity index (χ3n) is 7.76. The summed E-state index contributed by atoms with van der Waals surface area (Å²) in [6, 6.07) is 0.877. The Bertz CT molecular complexity index is 396. The molecule has 0 atom stereocenters. The zero-order valence-electron chi connectivity index (χ0n) is 19.6. The first kappa shape index (κ1) is 24.0. The van der Waals surface area contributed by atoms with E-state index in [2.05, 4.69) is 25.3 Å². The molecule has 0 bridgehead atoms. The molecule has 164 valence electrons. The minimum atomic E-state index is 0.500. The molecule has 1 nitrogen and oxygen atoms in total. The van der Waals surface area contributed by atoms with Crippen molar-refractivity contribution in [3.05, 3.63) is 12.2 Å². The van der Waals surface area contributed by atoms with Crippen LogP contribution < -0.4 is 0 Å². The Hall–Kier alpha value is -0.300. The van der Waals surface area contributed by atoms with E-state index in [4.69, 9.17) is 0 Å². The van der Waals surface area contributed by atoms with Crippen LogP contribution in [0.4, 0.5) is 0 Å². The van der Waals surface area contributed by atoms with Crippen molar-refractivity contribution in [2.75, 3.05) is 6.54 Å². The van der Waals surface area contributed by atoms with E-state index < -0.39 is 0 Å². The van der Waals surface area contributed by atoms with Gasteiger partial charge in [0.2, 0.25) is 0 Å². The Kier molecular flexibility index (Phi) is 11.8. The summed E-state index contributed by atoms with van der Waals surface area (Å²) in [5.74, 6) is 0. The Balaban J connectivity index is 2.02. The van der Waals surface area contributed by atoms with Gasteiger partial charge in [-0.3, -0.25) is 4.90 Å². The van der Waals surface area contributed by atoms with Gasteiger partial charge >= 0.3 is 0 Å². The summed E-state index contributed by atoms with van der Waals surface area (Å²) in [6.07, 6.45) is 28.4. The lowest BCUT2D eigenvalue weighted by molar-refractivity contribution is -0.00349. The number of allylic oxidation sites excluding steroid dienone is 1. The number of unbranched alkanes of at least 4 members (excludes halogenated alkanes) is 8. The third-order valence-corrected chi connectivity index (χ3v) is 7.76. The molecule has 0 spiro atoms. The molecular formula is C27H51N. The van der Waals surface area contributed by atoms with E-state index in [9.17, 15) is 0 Å². The minimum absolute atomic E-state index is 0.500. The predicted molar refractivity (Wildman–Crippen MR) is 126 cm³/mol. The van der Waals surface area contributed by atoms with Gasteiger partial charge in [-0.2, -0.15) is 0 Å². The fraction of sp³-hybridized carbons (Fsp3) is 0.926. The average Bonchev–Trinajstić information content (AvgIpc) is 2.73. The Morgan fingerprint density at radius 3 is 1.96 bits per heavy atom. The van der Waals surface area contributed by atoms with Gasteiger partial charge in [0, 0.05) is 11.6 Å². The summed E-state index contributed by atoms with van der Waals surface area (Å²) >= 11 is 0. The van der Waals surface area contributed by atoms with Crippen LogP contribution in [0, 0.1) is 0 Å². The molecule has 2 fully saturated rings. The molecule has 2 saturated carbocycles. The molecular weight excluding hydrogens is 338 g/mol. The van der Waals surface area contributed by atoms with E-state index in [0.29, 0.717) is 5.54 Å². The van der Waals surface area contributed by atoms with Crippen LogP contribution in [0.15, 0.2) is 12.2 Å². The standard InChI is InChI=1S/C27H51N/c1-4-6-8-10-15-21-27(22-19-25(3)20-23-27)28(24-16-11-9-7-5-2)26-17-13-12-14-18-26/h26H,3-24H2,1-2H3. The third kappa shape index (κ3) is 7.85. The molecule has 2 rings (SSSR count). The van der Waals surface area contributed by atoms with E-state index in [0.717, 1.165) is 6.04 Å². The second kappa shape index (κ2) is 13.8. The lowest BCUT2D eigenvalue weighted by Gasteiger charge is -2.52. The highest BCUT2D eigenvalue weighted by atomic mass is 15.2. The molecule has 0 aromatic rings. The van der Waals surface area contributed by atoms with Crippen LogP contribution in [0.3, 0.4) is 0 Å². The molecule has 2 aliphatic rings. The molecule has 2 aliphatic carbocycles. The van der Waals surface area contributed by atoms with Crippen LogP contribution in [-0.2, 0) is 0 Å². The van der Waals surface area contributed by atoms with Crippen molar-refractivity contribution in [3.63, 3.8) is 0 Å². The fourth-order valence-electron chi connectivity index (χ4n) is 5.89. The summed E-state index contributed by atoms with van der Waals surface area (Å²) < 4.78 is 0. The summed E-state index contributed by atoms with van der Waals surface area (Å²) in [5, 5.41) is 0.